The molecule has 1 unspecified atom stereocenters. The third-order valence-electron chi connectivity index (χ3n) is 6.08. The van der Waals surface area contributed by atoms with Crippen LogP contribution in [0.25, 0.3) is 0 Å². The van der Waals surface area contributed by atoms with Gasteiger partial charge < -0.3 is 0 Å². The second-order valence-corrected chi connectivity index (χ2v) is 8.14. The number of rotatable bonds is 4. The third kappa shape index (κ3) is 2.18. The Morgan fingerprint density at radius 2 is 2.00 bits per heavy atom. The molecular formula is C20H22N4O. The Hall–Kier alpha value is -2.43. The van der Waals surface area contributed by atoms with E-state index in [9.17, 15) is 4.79 Å². The zero-order valence-electron chi connectivity index (χ0n) is 14.4. The second kappa shape index (κ2) is 5.04. The number of hydrogen-bond acceptors (Lipinski definition) is 3. The molecule has 1 aromatic heterocycles. The van der Waals surface area contributed by atoms with Crippen LogP contribution in [-0.2, 0) is 11.3 Å². The van der Waals surface area contributed by atoms with Gasteiger partial charge in [0.25, 0.3) is 0 Å². The third-order valence-corrected chi connectivity index (χ3v) is 6.08. The van der Waals surface area contributed by atoms with E-state index in [1.54, 1.807) is 5.01 Å². The molecule has 0 spiro atoms. The van der Waals surface area contributed by atoms with Gasteiger partial charge in [-0.15, -0.1) is 0 Å². The summed E-state index contributed by atoms with van der Waals surface area (Å²) in [5.74, 6) is 0.216. The smallest absolute Gasteiger partial charge is 0.249 e. The number of amides is 1. The van der Waals surface area contributed by atoms with E-state index in [1.165, 1.54) is 11.1 Å². The molecule has 0 radical (unpaired) electrons. The van der Waals surface area contributed by atoms with Crippen LogP contribution in [0.5, 0.6) is 0 Å². The van der Waals surface area contributed by atoms with Crippen LogP contribution in [0.15, 0.2) is 47.8 Å². The van der Waals surface area contributed by atoms with E-state index in [-0.39, 0.29) is 22.8 Å². The molecule has 4 aliphatic rings. The average Bonchev–Trinajstić information content (AvgIpc) is 3.18. The SMILES string of the molecule is Cc1cnn(CC23CC(C(=O)N4N=CCC4c4ccccc4)(C2)C3)c1. The van der Waals surface area contributed by atoms with Crippen LogP contribution >= 0.6 is 0 Å². The Kier molecular flexibility index (Phi) is 3.00. The predicted molar refractivity (Wildman–Crippen MR) is 94.8 cm³/mol. The van der Waals surface area contributed by atoms with Crippen LogP contribution < -0.4 is 0 Å². The summed E-state index contributed by atoms with van der Waals surface area (Å²) in [6.45, 7) is 2.99. The Balaban J connectivity index is 1.28. The largest absolute Gasteiger partial charge is 0.272 e. The van der Waals surface area contributed by atoms with Crippen molar-refractivity contribution in [2.45, 2.75) is 45.2 Å². The summed E-state index contributed by atoms with van der Waals surface area (Å²) in [6.07, 6.45) is 9.61. The first kappa shape index (κ1) is 14.9. The first-order chi connectivity index (χ1) is 12.1. The number of aryl methyl sites for hydroxylation is 1. The Morgan fingerprint density at radius 3 is 2.68 bits per heavy atom. The van der Waals surface area contributed by atoms with Crippen molar-refractivity contribution in [2.75, 3.05) is 0 Å². The van der Waals surface area contributed by atoms with Gasteiger partial charge in [-0.05, 0) is 42.7 Å². The molecule has 0 saturated heterocycles. The van der Waals surface area contributed by atoms with Crippen molar-refractivity contribution in [3.05, 3.63) is 53.9 Å². The lowest BCUT2D eigenvalue weighted by atomic mass is 9.34. The first-order valence-electron chi connectivity index (χ1n) is 8.99. The topological polar surface area (TPSA) is 50.5 Å². The summed E-state index contributed by atoms with van der Waals surface area (Å²) in [7, 11) is 0. The summed E-state index contributed by atoms with van der Waals surface area (Å²) in [4.78, 5) is 13.2. The van der Waals surface area contributed by atoms with E-state index < -0.39 is 0 Å². The van der Waals surface area contributed by atoms with Crippen molar-refractivity contribution in [1.82, 2.24) is 14.8 Å². The molecule has 1 aromatic carbocycles. The van der Waals surface area contributed by atoms with Crippen molar-refractivity contribution in [1.29, 1.82) is 0 Å². The molecule has 2 heterocycles. The van der Waals surface area contributed by atoms with E-state index in [0.717, 1.165) is 32.2 Å². The molecule has 3 saturated carbocycles. The van der Waals surface area contributed by atoms with Crippen LogP contribution in [0, 0.1) is 17.8 Å². The van der Waals surface area contributed by atoms with E-state index in [1.807, 2.05) is 35.3 Å². The average molecular weight is 334 g/mol. The monoisotopic (exact) mass is 334 g/mol. The minimum Gasteiger partial charge on any atom is -0.272 e. The summed E-state index contributed by atoms with van der Waals surface area (Å²) in [5, 5.41) is 10.6. The van der Waals surface area contributed by atoms with E-state index >= 15 is 0 Å². The summed E-state index contributed by atoms with van der Waals surface area (Å²) < 4.78 is 2.03. The van der Waals surface area contributed by atoms with Gasteiger partial charge in [-0.3, -0.25) is 9.48 Å². The van der Waals surface area contributed by atoms with Gasteiger partial charge in [-0.2, -0.15) is 10.2 Å². The number of hydrazone groups is 1. The van der Waals surface area contributed by atoms with Crippen molar-refractivity contribution >= 4 is 12.1 Å². The van der Waals surface area contributed by atoms with Gasteiger partial charge in [-0.1, -0.05) is 30.3 Å². The van der Waals surface area contributed by atoms with Gasteiger partial charge in [0.2, 0.25) is 5.91 Å². The number of nitrogens with zero attached hydrogens (tertiary/aromatic N) is 4. The van der Waals surface area contributed by atoms with Crippen LogP contribution in [-0.4, -0.2) is 26.9 Å². The van der Waals surface area contributed by atoms with Crippen molar-refractivity contribution in [3.63, 3.8) is 0 Å². The summed E-state index contributed by atoms with van der Waals surface area (Å²) in [5.41, 5.74) is 2.47. The molecule has 3 fully saturated rings. The van der Waals surface area contributed by atoms with Gasteiger partial charge in [0.1, 0.15) is 0 Å². The standard InChI is InChI=1S/C20H22N4O/c1-15-9-22-23(10-15)14-19-11-20(12-19,13-19)18(25)24-17(7-8-21-24)16-5-3-2-4-6-16/h2-6,8-10,17H,7,11-14H2,1H3. The molecule has 25 heavy (non-hydrogen) atoms. The van der Waals surface area contributed by atoms with Gasteiger partial charge in [0.15, 0.2) is 0 Å². The number of carbonyl (C=O) groups excluding carboxylic acids is 1. The summed E-state index contributed by atoms with van der Waals surface area (Å²) in [6, 6.07) is 10.3. The fourth-order valence-corrected chi connectivity index (χ4v) is 5.09. The molecule has 128 valence electrons. The fourth-order valence-electron chi connectivity index (χ4n) is 5.09. The number of aromatic nitrogens is 2. The Bertz CT molecular complexity index is 834. The highest BCUT2D eigenvalue weighted by Crippen LogP contribution is 2.74. The molecule has 0 N–H and O–H groups in total. The maximum atomic E-state index is 13.2. The minimum atomic E-state index is -0.170. The van der Waals surface area contributed by atoms with Gasteiger partial charge in [0.05, 0.1) is 17.7 Å². The molecule has 1 aliphatic heterocycles. The van der Waals surface area contributed by atoms with E-state index in [2.05, 4.69) is 35.5 Å². The predicted octanol–water partition coefficient (Wildman–Crippen LogP) is 3.32. The molecule has 1 amide bonds. The summed E-state index contributed by atoms with van der Waals surface area (Å²) >= 11 is 0. The molecule has 5 heteroatoms. The zero-order chi connectivity index (χ0) is 17.1. The fraction of sp³-hybridized carbons (Fsp3) is 0.450. The van der Waals surface area contributed by atoms with Gasteiger partial charge >= 0.3 is 0 Å². The highest BCUT2D eigenvalue weighted by atomic mass is 16.2. The number of hydrogen-bond donors (Lipinski definition) is 0. The maximum Gasteiger partial charge on any atom is 0.249 e. The number of benzene rings is 1. The molecule has 6 rings (SSSR count). The van der Waals surface area contributed by atoms with Crippen molar-refractivity contribution in [3.8, 4) is 0 Å². The lowest BCUT2D eigenvalue weighted by Crippen LogP contribution is -2.68. The van der Waals surface area contributed by atoms with Crippen LogP contribution in [0.4, 0.5) is 0 Å². The second-order valence-electron chi connectivity index (χ2n) is 8.14. The van der Waals surface area contributed by atoms with Crippen LogP contribution in [0.3, 0.4) is 0 Å². The van der Waals surface area contributed by atoms with Crippen LogP contribution in [0.1, 0.15) is 42.9 Å². The molecule has 2 aromatic rings. The minimum absolute atomic E-state index is 0.0624. The normalized spacial score (nSPS) is 32.4. The molecule has 2 bridgehead atoms. The van der Waals surface area contributed by atoms with Gasteiger partial charge in [0, 0.05) is 25.4 Å². The first-order valence-corrected chi connectivity index (χ1v) is 8.99. The molecule has 3 aliphatic carbocycles. The van der Waals surface area contributed by atoms with E-state index in [4.69, 9.17) is 0 Å². The van der Waals surface area contributed by atoms with Crippen molar-refractivity contribution in [2.24, 2.45) is 15.9 Å². The quantitative estimate of drug-likeness (QED) is 0.861. The molecule has 1 atom stereocenters. The lowest BCUT2D eigenvalue weighted by Gasteiger charge is -2.69. The highest BCUT2D eigenvalue weighted by molar-refractivity contribution is 5.88. The maximum absolute atomic E-state index is 13.2. The van der Waals surface area contributed by atoms with Crippen LogP contribution in [0.2, 0.25) is 0 Å². The Labute approximate surface area is 147 Å². The number of carbonyl (C=O) groups is 1. The highest BCUT2D eigenvalue weighted by Gasteiger charge is 2.72. The lowest BCUT2D eigenvalue weighted by molar-refractivity contribution is -0.223. The Morgan fingerprint density at radius 1 is 1.24 bits per heavy atom. The molecular weight excluding hydrogens is 312 g/mol. The van der Waals surface area contributed by atoms with Gasteiger partial charge in [-0.25, -0.2) is 5.01 Å². The zero-order valence-corrected chi connectivity index (χ0v) is 14.4. The molecule has 5 nitrogen and oxygen atoms in total. The van der Waals surface area contributed by atoms with Crippen molar-refractivity contribution < 1.29 is 4.79 Å². The van der Waals surface area contributed by atoms with E-state index in [0.29, 0.717) is 0 Å².